The normalized spacial score (nSPS) is 26.2. The van der Waals surface area contributed by atoms with Gasteiger partial charge in [-0.2, -0.15) is 0 Å². The van der Waals surface area contributed by atoms with E-state index in [-0.39, 0.29) is 29.7 Å². The van der Waals surface area contributed by atoms with Gasteiger partial charge in [0, 0.05) is 22.6 Å². The van der Waals surface area contributed by atoms with Crippen molar-refractivity contribution in [1.82, 2.24) is 4.90 Å². The van der Waals surface area contributed by atoms with Gasteiger partial charge in [-0.3, -0.25) is 9.69 Å². The van der Waals surface area contributed by atoms with Crippen molar-refractivity contribution in [2.45, 2.75) is 64.5 Å². The first-order chi connectivity index (χ1) is 13.9. The average Bonchev–Trinajstić information content (AvgIpc) is 3.27. The second kappa shape index (κ2) is 7.82. The Kier molecular flexibility index (Phi) is 5.38. The van der Waals surface area contributed by atoms with Gasteiger partial charge in [0.25, 0.3) is 0 Å². The highest BCUT2D eigenvalue weighted by atomic mass is 16.4. The first kappa shape index (κ1) is 20.0. The van der Waals surface area contributed by atoms with Crippen LogP contribution in [0.2, 0.25) is 0 Å². The maximum absolute atomic E-state index is 12.5. The van der Waals surface area contributed by atoms with Crippen molar-refractivity contribution < 1.29 is 19.1 Å². The molecule has 29 heavy (non-hydrogen) atoms. The fraction of sp³-hybridized carbons (Fsp3) is 0.565. The summed E-state index contributed by atoms with van der Waals surface area (Å²) >= 11 is 0. The number of carboxylic acid groups (broad SMARTS) is 1. The molecule has 2 aromatic rings. The highest BCUT2D eigenvalue weighted by Crippen LogP contribution is 2.48. The molecule has 0 spiro atoms. The van der Waals surface area contributed by atoms with Crippen molar-refractivity contribution in [2.24, 2.45) is 17.6 Å². The SMILES string of the molecule is CCN1C(c2cccc3c(C)c(C(=O)O)oc23)C[C@@H](C2CCCCC2)[C@H]1C(N)=O. The van der Waals surface area contributed by atoms with Crippen LogP contribution in [-0.2, 0) is 4.79 Å². The van der Waals surface area contributed by atoms with Crippen LogP contribution in [0.5, 0.6) is 0 Å². The third-order valence-electron chi connectivity index (χ3n) is 7.12. The van der Waals surface area contributed by atoms with Crippen LogP contribution >= 0.6 is 0 Å². The first-order valence-corrected chi connectivity index (χ1v) is 10.7. The number of para-hydroxylation sites is 1. The third kappa shape index (κ3) is 3.33. The second-order valence-corrected chi connectivity index (χ2v) is 8.58. The monoisotopic (exact) mass is 398 g/mol. The lowest BCUT2D eigenvalue weighted by atomic mass is 9.75. The number of hydrogen-bond acceptors (Lipinski definition) is 4. The van der Waals surface area contributed by atoms with Crippen molar-refractivity contribution >= 4 is 22.8 Å². The molecule has 3 atom stereocenters. The van der Waals surface area contributed by atoms with E-state index in [4.69, 9.17) is 10.2 Å². The number of nitrogens with zero attached hydrogens (tertiary/aromatic N) is 1. The van der Waals surface area contributed by atoms with Crippen molar-refractivity contribution in [3.05, 3.63) is 35.1 Å². The summed E-state index contributed by atoms with van der Waals surface area (Å²) in [6.07, 6.45) is 6.89. The molecule has 1 aromatic carbocycles. The molecular formula is C23H30N2O4. The van der Waals surface area contributed by atoms with Crippen LogP contribution in [0, 0.1) is 18.8 Å². The van der Waals surface area contributed by atoms with Crippen LogP contribution in [0.4, 0.5) is 0 Å². The Morgan fingerprint density at radius 2 is 1.97 bits per heavy atom. The van der Waals surface area contributed by atoms with E-state index < -0.39 is 5.97 Å². The number of aryl methyl sites for hydroxylation is 1. The number of furan rings is 1. The van der Waals surface area contributed by atoms with E-state index in [9.17, 15) is 14.7 Å². The van der Waals surface area contributed by atoms with Gasteiger partial charge in [0.1, 0.15) is 5.58 Å². The molecule has 1 saturated heterocycles. The number of nitrogens with two attached hydrogens (primary N) is 1. The lowest BCUT2D eigenvalue weighted by Gasteiger charge is -2.32. The molecule has 3 N–H and O–H groups in total. The largest absolute Gasteiger partial charge is 0.475 e. The van der Waals surface area contributed by atoms with Gasteiger partial charge in [0.05, 0.1) is 6.04 Å². The quantitative estimate of drug-likeness (QED) is 0.784. The molecule has 1 aromatic heterocycles. The zero-order chi connectivity index (χ0) is 20.7. The number of fused-ring (bicyclic) bond motifs is 1. The summed E-state index contributed by atoms with van der Waals surface area (Å²) in [5.74, 6) is -0.559. The lowest BCUT2D eigenvalue weighted by Crippen LogP contribution is -2.46. The number of amides is 1. The maximum Gasteiger partial charge on any atom is 0.372 e. The molecule has 6 heteroatoms. The highest BCUT2D eigenvalue weighted by Gasteiger charge is 2.47. The Balaban J connectivity index is 1.78. The van der Waals surface area contributed by atoms with Gasteiger partial charge in [-0.05, 0) is 31.7 Å². The van der Waals surface area contributed by atoms with E-state index in [0.29, 0.717) is 23.6 Å². The van der Waals surface area contributed by atoms with Gasteiger partial charge in [0.2, 0.25) is 11.7 Å². The van der Waals surface area contributed by atoms with Gasteiger partial charge < -0.3 is 15.3 Å². The van der Waals surface area contributed by atoms with E-state index in [1.54, 1.807) is 6.92 Å². The topological polar surface area (TPSA) is 96.8 Å². The van der Waals surface area contributed by atoms with Gasteiger partial charge in [-0.15, -0.1) is 0 Å². The molecule has 0 bridgehead atoms. The summed E-state index contributed by atoms with van der Waals surface area (Å²) in [5, 5.41) is 10.3. The number of rotatable bonds is 5. The Morgan fingerprint density at radius 1 is 1.24 bits per heavy atom. The summed E-state index contributed by atoms with van der Waals surface area (Å²) < 4.78 is 5.83. The number of likely N-dealkylation sites (N-methyl/N-ethyl adjacent to an activating group) is 1. The Morgan fingerprint density at radius 3 is 2.59 bits per heavy atom. The number of carboxylic acids is 1. The van der Waals surface area contributed by atoms with Crippen LogP contribution in [0.25, 0.3) is 11.0 Å². The maximum atomic E-state index is 12.5. The predicted octanol–water partition coefficient (Wildman–Crippen LogP) is 4.26. The molecule has 1 aliphatic heterocycles. The van der Waals surface area contributed by atoms with Gasteiger partial charge >= 0.3 is 5.97 Å². The van der Waals surface area contributed by atoms with Gasteiger partial charge in [-0.25, -0.2) is 4.79 Å². The smallest absolute Gasteiger partial charge is 0.372 e. The summed E-state index contributed by atoms with van der Waals surface area (Å²) in [6, 6.07) is 5.58. The molecule has 1 amide bonds. The van der Waals surface area contributed by atoms with Gasteiger partial charge in [-0.1, -0.05) is 57.2 Å². The number of primary amides is 1. The van der Waals surface area contributed by atoms with Crippen LogP contribution in [0.15, 0.2) is 22.6 Å². The molecule has 1 saturated carbocycles. The molecule has 2 aliphatic rings. The van der Waals surface area contributed by atoms with Crippen molar-refractivity contribution in [1.29, 1.82) is 0 Å². The van der Waals surface area contributed by atoms with Crippen LogP contribution < -0.4 is 5.73 Å². The van der Waals surface area contributed by atoms with Crippen molar-refractivity contribution in [3.8, 4) is 0 Å². The zero-order valence-corrected chi connectivity index (χ0v) is 17.2. The van der Waals surface area contributed by atoms with Crippen molar-refractivity contribution in [3.63, 3.8) is 0 Å². The number of hydrogen-bond donors (Lipinski definition) is 2. The standard InChI is InChI=1S/C23H30N2O4/c1-3-25-18(12-17(19(25)22(24)26)14-8-5-4-6-9-14)16-11-7-10-15-13(2)20(23(27)28)29-21(15)16/h7,10-11,14,17-19H,3-6,8-9,12H2,1-2H3,(H2,24,26)(H,27,28)/t17-,18?,19-/m0/s1. The Hall–Kier alpha value is -2.34. The lowest BCUT2D eigenvalue weighted by molar-refractivity contribution is -0.124. The molecule has 2 heterocycles. The van der Waals surface area contributed by atoms with Crippen LogP contribution in [0.3, 0.4) is 0 Å². The minimum Gasteiger partial charge on any atom is -0.475 e. The Labute approximate surface area is 171 Å². The van der Waals surface area contributed by atoms with E-state index in [2.05, 4.69) is 11.8 Å². The number of carbonyl (C=O) groups excluding carboxylic acids is 1. The summed E-state index contributed by atoms with van der Waals surface area (Å²) in [6.45, 7) is 4.55. The number of likely N-dealkylation sites (tertiary alicyclic amines) is 1. The van der Waals surface area contributed by atoms with E-state index >= 15 is 0 Å². The predicted molar refractivity (Wildman–Crippen MR) is 111 cm³/mol. The zero-order valence-electron chi connectivity index (χ0n) is 17.2. The van der Waals surface area contributed by atoms with E-state index in [1.165, 1.54) is 19.3 Å². The number of carbonyl (C=O) groups is 2. The molecule has 0 radical (unpaired) electrons. The second-order valence-electron chi connectivity index (χ2n) is 8.58. The fourth-order valence-electron chi connectivity index (χ4n) is 5.80. The van der Waals surface area contributed by atoms with E-state index in [0.717, 1.165) is 30.2 Å². The summed E-state index contributed by atoms with van der Waals surface area (Å²) in [7, 11) is 0. The van der Waals surface area contributed by atoms with Crippen molar-refractivity contribution in [2.75, 3.05) is 6.54 Å². The average molecular weight is 399 g/mol. The molecular weight excluding hydrogens is 368 g/mol. The molecule has 156 valence electrons. The number of aromatic carboxylic acids is 1. The number of benzene rings is 1. The van der Waals surface area contributed by atoms with Gasteiger partial charge in [0.15, 0.2) is 0 Å². The third-order valence-corrected chi connectivity index (χ3v) is 7.12. The molecule has 2 fully saturated rings. The Bertz CT molecular complexity index is 928. The minimum atomic E-state index is -1.06. The first-order valence-electron chi connectivity index (χ1n) is 10.7. The fourth-order valence-corrected chi connectivity index (χ4v) is 5.80. The molecule has 6 nitrogen and oxygen atoms in total. The molecule has 4 rings (SSSR count). The van der Waals surface area contributed by atoms with E-state index in [1.807, 2.05) is 18.2 Å². The van der Waals surface area contributed by atoms with Crippen LogP contribution in [0.1, 0.15) is 73.2 Å². The summed E-state index contributed by atoms with van der Waals surface area (Å²) in [4.78, 5) is 26.3. The molecule has 1 aliphatic carbocycles. The minimum absolute atomic E-state index is 0.000298. The highest BCUT2D eigenvalue weighted by molar-refractivity contribution is 5.96. The van der Waals surface area contributed by atoms with Crippen LogP contribution in [-0.4, -0.2) is 34.5 Å². The summed E-state index contributed by atoms with van der Waals surface area (Å²) in [5.41, 5.74) is 8.13. The molecule has 1 unspecified atom stereocenters.